The summed E-state index contributed by atoms with van der Waals surface area (Å²) in [6.45, 7) is 11.1. The second-order valence-corrected chi connectivity index (χ2v) is 6.87. The highest BCUT2D eigenvalue weighted by atomic mass is 32.1. The molecule has 1 aromatic heterocycles. The molecule has 130 valence electrons. The topological polar surface area (TPSA) is 47.6 Å². The van der Waals surface area contributed by atoms with Gasteiger partial charge in [-0.05, 0) is 63.9 Å². The van der Waals surface area contributed by atoms with Crippen LogP contribution in [0.2, 0.25) is 0 Å². The van der Waals surface area contributed by atoms with Crippen molar-refractivity contribution in [1.82, 2.24) is 5.32 Å². The number of aryl methyl sites for hydroxylation is 2. The number of nitrogens with one attached hydrogen (secondary N) is 1. The second-order valence-electron chi connectivity index (χ2n) is 5.62. The van der Waals surface area contributed by atoms with Crippen molar-refractivity contribution in [2.45, 2.75) is 40.7 Å². The first-order valence-corrected chi connectivity index (χ1v) is 9.05. The molecule has 1 amide bonds. The first kappa shape index (κ1) is 18.3. The average molecular weight is 347 g/mol. The number of carbonyl (C=O) groups is 1. The first-order chi connectivity index (χ1) is 11.5. The minimum atomic E-state index is -0.116. The highest BCUT2D eigenvalue weighted by molar-refractivity contribution is 7.14. The van der Waals surface area contributed by atoms with Gasteiger partial charge in [0.15, 0.2) is 11.5 Å². The summed E-state index contributed by atoms with van der Waals surface area (Å²) in [5.74, 6) is 1.39. The summed E-state index contributed by atoms with van der Waals surface area (Å²) in [5.41, 5.74) is 2.14. The van der Waals surface area contributed by atoms with Crippen molar-refractivity contribution in [2.24, 2.45) is 0 Å². The number of carbonyl (C=O) groups excluding carboxylic acids is 1. The highest BCUT2D eigenvalue weighted by Gasteiger charge is 2.16. The molecule has 5 heteroatoms. The quantitative estimate of drug-likeness (QED) is 0.793. The molecule has 1 aromatic carbocycles. The highest BCUT2D eigenvalue weighted by Crippen LogP contribution is 2.31. The minimum absolute atomic E-state index is 0.0458. The fraction of sp³-hybridized carbons (Fsp3) is 0.421. The van der Waals surface area contributed by atoms with Crippen molar-refractivity contribution in [3.8, 4) is 11.5 Å². The van der Waals surface area contributed by atoms with E-state index in [0.717, 1.165) is 21.8 Å². The minimum Gasteiger partial charge on any atom is -0.490 e. The lowest BCUT2D eigenvalue weighted by atomic mass is 10.1. The summed E-state index contributed by atoms with van der Waals surface area (Å²) < 4.78 is 11.2. The molecule has 1 unspecified atom stereocenters. The van der Waals surface area contributed by atoms with Crippen LogP contribution >= 0.6 is 11.3 Å². The third kappa shape index (κ3) is 4.29. The summed E-state index contributed by atoms with van der Waals surface area (Å²) in [7, 11) is 0. The zero-order valence-electron chi connectivity index (χ0n) is 14.9. The first-order valence-electron chi connectivity index (χ1n) is 8.23. The van der Waals surface area contributed by atoms with Gasteiger partial charge in [-0.1, -0.05) is 6.07 Å². The SMILES string of the molecule is CCOc1ccc(C(C)NC(=O)c2cc(C)c(C)s2)cc1OCC. The van der Waals surface area contributed by atoms with Crippen LogP contribution in [0.1, 0.15) is 52.5 Å². The predicted octanol–water partition coefficient (Wildman–Crippen LogP) is 4.65. The van der Waals surface area contributed by atoms with Gasteiger partial charge in [0.25, 0.3) is 5.91 Å². The molecule has 1 atom stereocenters. The maximum Gasteiger partial charge on any atom is 0.261 e. The van der Waals surface area contributed by atoms with E-state index < -0.39 is 0 Å². The number of rotatable bonds is 7. The third-order valence-corrected chi connectivity index (χ3v) is 4.96. The van der Waals surface area contributed by atoms with Crippen molar-refractivity contribution in [2.75, 3.05) is 13.2 Å². The molecule has 0 radical (unpaired) electrons. The Morgan fingerprint density at radius 1 is 1.12 bits per heavy atom. The van der Waals surface area contributed by atoms with E-state index in [4.69, 9.17) is 9.47 Å². The lowest BCUT2D eigenvalue weighted by Crippen LogP contribution is -2.25. The monoisotopic (exact) mass is 347 g/mol. The van der Waals surface area contributed by atoms with Gasteiger partial charge in [0, 0.05) is 4.88 Å². The molecular formula is C19H25NO3S. The van der Waals surface area contributed by atoms with Gasteiger partial charge >= 0.3 is 0 Å². The van der Waals surface area contributed by atoms with Crippen LogP contribution in [0.15, 0.2) is 24.3 Å². The Kier molecular flexibility index (Phi) is 6.26. The molecule has 0 aliphatic carbocycles. The van der Waals surface area contributed by atoms with Crippen molar-refractivity contribution in [3.05, 3.63) is 45.1 Å². The zero-order chi connectivity index (χ0) is 17.7. The van der Waals surface area contributed by atoms with E-state index in [1.165, 1.54) is 16.2 Å². The molecule has 2 aromatic rings. The zero-order valence-corrected chi connectivity index (χ0v) is 15.8. The Morgan fingerprint density at radius 2 is 1.79 bits per heavy atom. The van der Waals surface area contributed by atoms with Gasteiger partial charge in [-0.3, -0.25) is 4.79 Å². The molecule has 4 nitrogen and oxygen atoms in total. The molecule has 0 aliphatic rings. The van der Waals surface area contributed by atoms with E-state index in [9.17, 15) is 4.79 Å². The van der Waals surface area contributed by atoms with Crippen LogP contribution < -0.4 is 14.8 Å². The molecule has 0 spiro atoms. The molecule has 0 fully saturated rings. The van der Waals surface area contributed by atoms with Crippen molar-refractivity contribution < 1.29 is 14.3 Å². The van der Waals surface area contributed by atoms with Gasteiger partial charge in [-0.2, -0.15) is 0 Å². The standard InChI is InChI=1S/C19H25NO3S/c1-6-22-16-9-8-15(11-17(16)23-7-2)13(4)20-19(21)18-10-12(3)14(5)24-18/h8-11,13H,6-7H2,1-5H3,(H,20,21). The number of thiophene rings is 1. The van der Waals surface area contributed by atoms with Crippen LogP contribution in [0, 0.1) is 13.8 Å². The normalized spacial score (nSPS) is 11.9. The fourth-order valence-corrected chi connectivity index (χ4v) is 3.31. The van der Waals surface area contributed by atoms with Crippen molar-refractivity contribution in [3.63, 3.8) is 0 Å². The van der Waals surface area contributed by atoms with E-state index >= 15 is 0 Å². The molecule has 1 heterocycles. The van der Waals surface area contributed by atoms with Crippen LogP contribution in [0.25, 0.3) is 0 Å². The van der Waals surface area contributed by atoms with E-state index in [1.807, 2.05) is 58.9 Å². The van der Waals surface area contributed by atoms with E-state index in [0.29, 0.717) is 19.0 Å². The summed E-state index contributed by atoms with van der Waals surface area (Å²) in [6.07, 6.45) is 0. The Balaban J connectivity index is 2.15. The number of hydrogen-bond donors (Lipinski definition) is 1. The number of amides is 1. The van der Waals surface area contributed by atoms with Crippen LogP contribution in [0.3, 0.4) is 0 Å². The maximum absolute atomic E-state index is 12.4. The van der Waals surface area contributed by atoms with Crippen LogP contribution in [-0.4, -0.2) is 19.1 Å². The van der Waals surface area contributed by atoms with E-state index in [-0.39, 0.29) is 11.9 Å². The molecular weight excluding hydrogens is 322 g/mol. The summed E-state index contributed by atoms with van der Waals surface area (Å²) in [5, 5.41) is 3.05. The maximum atomic E-state index is 12.4. The summed E-state index contributed by atoms with van der Waals surface area (Å²) >= 11 is 1.52. The molecule has 0 saturated heterocycles. The third-order valence-electron chi connectivity index (χ3n) is 3.80. The largest absolute Gasteiger partial charge is 0.490 e. The summed E-state index contributed by atoms with van der Waals surface area (Å²) in [6, 6.07) is 7.61. The van der Waals surface area contributed by atoms with E-state index in [1.54, 1.807) is 0 Å². The lowest BCUT2D eigenvalue weighted by Gasteiger charge is -2.17. The Bertz CT molecular complexity index is 689. The average Bonchev–Trinajstić information content (AvgIpc) is 2.89. The molecule has 0 bridgehead atoms. The fourth-order valence-electron chi connectivity index (χ4n) is 2.37. The molecule has 1 N–H and O–H groups in total. The van der Waals surface area contributed by atoms with Crippen LogP contribution in [-0.2, 0) is 0 Å². The molecule has 24 heavy (non-hydrogen) atoms. The van der Waals surface area contributed by atoms with Gasteiger partial charge in [-0.15, -0.1) is 11.3 Å². The van der Waals surface area contributed by atoms with Crippen molar-refractivity contribution >= 4 is 17.2 Å². The number of ether oxygens (including phenoxy) is 2. The summed E-state index contributed by atoms with van der Waals surface area (Å²) in [4.78, 5) is 14.3. The number of benzene rings is 1. The van der Waals surface area contributed by atoms with Gasteiger partial charge in [0.1, 0.15) is 0 Å². The Hall–Kier alpha value is -2.01. The lowest BCUT2D eigenvalue weighted by molar-refractivity contribution is 0.0944. The molecule has 0 aliphatic heterocycles. The smallest absolute Gasteiger partial charge is 0.261 e. The van der Waals surface area contributed by atoms with Gasteiger partial charge in [0.2, 0.25) is 0 Å². The molecule has 2 rings (SSSR count). The molecule has 0 saturated carbocycles. The predicted molar refractivity (Wildman–Crippen MR) is 98.5 cm³/mol. The van der Waals surface area contributed by atoms with E-state index in [2.05, 4.69) is 5.32 Å². The van der Waals surface area contributed by atoms with Crippen LogP contribution in [0.4, 0.5) is 0 Å². The van der Waals surface area contributed by atoms with Gasteiger partial charge < -0.3 is 14.8 Å². The van der Waals surface area contributed by atoms with Gasteiger partial charge in [-0.25, -0.2) is 0 Å². The van der Waals surface area contributed by atoms with Crippen LogP contribution in [0.5, 0.6) is 11.5 Å². The number of hydrogen-bond acceptors (Lipinski definition) is 4. The Labute approximate surface area is 147 Å². The van der Waals surface area contributed by atoms with Crippen molar-refractivity contribution in [1.29, 1.82) is 0 Å². The Morgan fingerprint density at radius 3 is 2.38 bits per heavy atom. The van der Waals surface area contributed by atoms with Gasteiger partial charge in [0.05, 0.1) is 24.1 Å². The second kappa shape index (κ2) is 8.20.